The first kappa shape index (κ1) is 19.8. The Bertz CT molecular complexity index is 515. The molecule has 0 saturated heterocycles. The predicted octanol–water partition coefficient (Wildman–Crippen LogP) is 3.80. The summed E-state index contributed by atoms with van der Waals surface area (Å²) in [4.78, 5) is 13.4. The largest absolute Gasteiger partial charge is 0.497 e. The number of rotatable bonds is 7. The lowest BCUT2D eigenvalue weighted by atomic mass is 10.2. The summed E-state index contributed by atoms with van der Waals surface area (Å²) in [5, 5.41) is 3.37. The lowest BCUT2D eigenvalue weighted by Crippen LogP contribution is -2.35. The van der Waals surface area contributed by atoms with E-state index in [2.05, 4.69) is 21.2 Å². The zero-order valence-corrected chi connectivity index (χ0v) is 16.2. The van der Waals surface area contributed by atoms with Crippen LogP contribution < -0.4 is 10.1 Å². The van der Waals surface area contributed by atoms with Crippen LogP contribution in [0.5, 0.6) is 5.75 Å². The number of hydrogen-bond donors (Lipinski definition) is 1. The molecule has 1 aromatic carbocycles. The molecule has 0 aliphatic heterocycles. The fourth-order valence-corrected chi connectivity index (χ4v) is 2.30. The summed E-state index contributed by atoms with van der Waals surface area (Å²) in [6, 6.07) is 5.90. The van der Waals surface area contributed by atoms with Crippen LogP contribution in [0.3, 0.4) is 0 Å². The number of ether oxygens (including phenoxy) is 2. The predicted molar refractivity (Wildman–Crippen MR) is 95.9 cm³/mol. The molecule has 0 aliphatic carbocycles. The van der Waals surface area contributed by atoms with Gasteiger partial charge in [0, 0.05) is 24.6 Å². The number of amides is 1. The molecule has 1 aromatic rings. The van der Waals surface area contributed by atoms with Gasteiger partial charge in [-0.2, -0.15) is 0 Å². The quantitative estimate of drug-likeness (QED) is 0.723. The molecule has 0 spiro atoms. The first-order valence-corrected chi connectivity index (χ1v) is 8.49. The molecular weight excluding hydrogens is 360 g/mol. The number of carbonyl (C=O) groups is 1. The van der Waals surface area contributed by atoms with Crippen LogP contribution >= 0.6 is 15.9 Å². The molecule has 1 amide bonds. The maximum absolute atomic E-state index is 11.8. The van der Waals surface area contributed by atoms with Crippen molar-refractivity contribution in [1.82, 2.24) is 10.2 Å². The van der Waals surface area contributed by atoms with E-state index in [4.69, 9.17) is 9.47 Å². The van der Waals surface area contributed by atoms with E-state index in [0.717, 1.165) is 35.3 Å². The van der Waals surface area contributed by atoms with Crippen LogP contribution in [-0.4, -0.2) is 43.8 Å². The molecule has 23 heavy (non-hydrogen) atoms. The van der Waals surface area contributed by atoms with Crippen molar-refractivity contribution in [3.63, 3.8) is 0 Å². The van der Waals surface area contributed by atoms with Gasteiger partial charge in [0.2, 0.25) is 0 Å². The average Bonchev–Trinajstić information content (AvgIpc) is 2.46. The van der Waals surface area contributed by atoms with Crippen LogP contribution in [0.15, 0.2) is 22.7 Å². The van der Waals surface area contributed by atoms with Gasteiger partial charge < -0.3 is 19.7 Å². The maximum atomic E-state index is 11.8. The lowest BCUT2D eigenvalue weighted by molar-refractivity contribution is 0.0297. The van der Waals surface area contributed by atoms with Crippen LogP contribution in [-0.2, 0) is 11.3 Å². The van der Waals surface area contributed by atoms with E-state index in [1.165, 1.54) is 0 Å². The molecule has 0 aromatic heterocycles. The molecule has 1 rings (SSSR count). The molecule has 0 unspecified atom stereocenters. The summed E-state index contributed by atoms with van der Waals surface area (Å²) in [5.74, 6) is 0.842. The number of methoxy groups -OCH3 is 1. The molecule has 0 aliphatic rings. The van der Waals surface area contributed by atoms with Gasteiger partial charge in [0.25, 0.3) is 0 Å². The van der Waals surface area contributed by atoms with Crippen molar-refractivity contribution in [2.45, 2.75) is 39.3 Å². The Kier molecular flexibility index (Phi) is 7.85. The van der Waals surface area contributed by atoms with Crippen molar-refractivity contribution in [3.05, 3.63) is 28.2 Å². The molecule has 0 atom stereocenters. The highest BCUT2D eigenvalue weighted by Gasteiger charge is 2.18. The number of hydrogen-bond acceptors (Lipinski definition) is 4. The Balaban J connectivity index is 2.29. The van der Waals surface area contributed by atoms with Gasteiger partial charge >= 0.3 is 6.09 Å². The standard InChI is InChI=1S/C17H27BrN2O3/c1-17(2,3)23-16(21)20(4)10-6-9-19-12-13-11-14(22-5)7-8-15(13)18/h7-8,11,19H,6,9-10,12H2,1-5H3. The zero-order chi connectivity index (χ0) is 17.5. The van der Waals surface area contributed by atoms with Gasteiger partial charge in [-0.15, -0.1) is 0 Å². The average molecular weight is 387 g/mol. The van der Waals surface area contributed by atoms with Crippen molar-refractivity contribution in [1.29, 1.82) is 0 Å². The van der Waals surface area contributed by atoms with Crippen molar-refractivity contribution < 1.29 is 14.3 Å². The van der Waals surface area contributed by atoms with E-state index in [1.807, 2.05) is 39.0 Å². The monoisotopic (exact) mass is 386 g/mol. The van der Waals surface area contributed by atoms with Crippen molar-refractivity contribution >= 4 is 22.0 Å². The van der Waals surface area contributed by atoms with Gasteiger partial charge in [-0.05, 0) is 57.5 Å². The first-order valence-electron chi connectivity index (χ1n) is 7.70. The highest BCUT2D eigenvalue weighted by molar-refractivity contribution is 9.10. The Morgan fingerprint density at radius 3 is 2.65 bits per heavy atom. The molecule has 1 N–H and O–H groups in total. The molecule has 0 bridgehead atoms. The zero-order valence-electron chi connectivity index (χ0n) is 14.6. The van der Waals surface area contributed by atoms with Gasteiger partial charge in [0.15, 0.2) is 0 Å². The number of nitrogens with one attached hydrogen (secondary N) is 1. The molecule has 0 heterocycles. The van der Waals surface area contributed by atoms with Crippen molar-refractivity contribution in [2.24, 2.45) is 0 Å². The third kappa shape index (κ3) is 7.70. The summed E-state index contributed by atoms with van der Waals surface area (Å²) in [6.45, 7) is 7.82. The lowest BCUT2D eigenvalue weighted by Gasteiger charge is -2.24. The second-order valence-corrected chi connectivity index (χ2v) is 7.24. The smallest absolute Gasteiger partial charge is 0.410 e. The van der Waals surface area contributed by atoms with E-state index in [-0.39, 0.29) is 6.09 Å². The minimum absolute atomic E-state index is 0.284. The van der Waals surface area contributed by atoms with Crippen LogP contribution in [0.2, 0.25) is 0 Å². The van der Waals surface area contributed by atoms with Gasteiger partial charge in [-0.3, -0.25) is 0 Å². The maximum Gasteiger partial charge on any atom is 0.410 e. The van der Waals surface area contributed by atoms with E-state index in [0.29, 0.717) is 6.54 Å². The van der Waals surface area contributed by atoms with E-state index < -0.39 is 5.60 Å². The van der Waals surface area contributed by atoms with E-state index >= 15 is 0 Å². The van der Waals surface area contributed by atoms with Crippen LogP contribution in [0.25, 0.3) is 0 Å². The first-order chi connectivity index (χ1) is 10.7. The Morgan fingerprint density at radius 1 is 1.35 bits per heavy atom. The number of halogens is 1. The molecule has 6 heteroatoms. The topological polar surface area (TPSA) is 50.8 Å². The van der Waals surface area contributed by atoms with Crippen molar-refractivity contribution in [3.8, 4) is 5.75 Å². The Morgan fingerprint density at radius 2 is 2.04 bits per heavy atom. The minimum atomic E-state index is -0.456. The molecule has 0 fully saturated rings. The number of nitrogens with zero attached hydrogens (tertiary/aromatic N) is 1. The Labute approximate surface area is 147 Å². The van der Waals surface area contributed by atoms with Gasteiger partial charge in [0.05, 0.1) is 7.11 Å². The molecule has 5 nitrogen and oxygen atoms in total. The molecule has 0 saturated carbocycles. The fraction of sp³-hybridized carbons (Fsp3) is 0.588. The third-order valence-electron chi connectivity index (χ3n) is 3.12. The van der Waals surface area contributed by atoms with Gasteiger partial charge in [-0.25, -0.2) is 4.79 Å². The van der Waals surface area contributed by atoms with Gasteiger partial charge in [0.1, 0.15) is 11.4 Å². The number of carbonyl (C=O) groups excluding carboxylic acids is 1. The summed E-state index contributed by atoms with van der Waals surface area (Å²) >= 11 is 3.53. The van der Waals surface area contributed by atoms with Crippen LogP contribution in [0, 0.1) is 0 Å². The molecular formula is C17H27BrN2O3. The number of benzene rings is 1. The van der Waals surface area contributed by atoms with Crippen LogP contribution in [0.4, 0.5) is 4.79 Å². The third-order valence-corrected chi connectivity index (χ3v) is 3.89. The second kappa shape index (κ2) is 9.13. The summed E-state index contributed by atoms with van der Waals surface area (Å²) < 4.78 is 11.6. The van der Waals surface area contributed by atoms with Crippen molar-refractivity contribution in [2.75, 3.05) is 27.2 Å². The van der Waals surface area contributed by atoms with E-state index in [1.54, 1.807) is 19.1 Å². The summed E-state index contributed by atoms with van der Waals surface area (Å²) in [5.41, 5.74) is 0.687. The fourth-order valence-electron chi connectivity index (χ4n) is 1.91. The highest BCUT2D eigenvalue weighted by atomic mass is 79.9. The highest BCUT2D eigenvalue weighted by Crippen LogP contribution is 2.22. The Hall–Kier alpha value is -1.27. The van der Waals surface area contributed by atoms with E-state index in [9.17, 15) is 4.79 Å². The molecule has 0 radical (unpaired) electrons. The SMILES string of the molecule is COc1ccc(Br)c(CNCCCN(C)C(=O)OC(C)(C)C)c1. The summed E-state index contributed by atoms with van der Waals surface area (Å²) in [7, 11) is 3.42. The summed E-state index contributed by atoms with van der Waals surface area (Å²) in [6.07, 6.45) is 0.574. The van der Waals surface area contributed by atoms with Crippen LogP contribution in [0.1, 0.15) is 32.8 Å². The second-order valence-electron chi connectivity index (χ2n) is 6.39. The minimum Gasteiger partial charge on any atom is -0.497 e. The normalized spacial score (nSPS) is 11.2. The van der Waals surface area contributed by atoms with Gasteiger partial charge in [-0.1, -0.05) is 15.9 Å². The molecule has 130 valence electrons.